The first-order valence-electron chi connectivity index (χ1n) is 42.5. The molecule has 10 heteroatoms. The molecule has 0 heterocycles. The number of allylic oxidation sites excluding steroid dienone is 6. The lowest BCUT2D eigenvalue weighted by molar-refractivity contribution is -0.161. The number of nitrogens with two attached hydrogens (primary N) is 1. The zero-order valence-electron chi connectivity index (χ0n) is 63.7. The standard InChI is InChI=1S/C85H164NO8P/c1-3-5-7-9-11-13-15-17-19-21-23-25-27-29-31-33-35-37-39-40-41-42-44-46-48-50-52-54-56-58-60-62-64-66-68-70-72-74-76-78-85(88)94-83(82-93-95(89,90)92-80-79-86)81-91-84(87)77-75-73-71-69-67-65-63-61-59-57-55-53-51-49-47-45-43-38-36-34-32-30-28-26-24-22-20-18-16-14-12-10-8-6-4-2/h15,17,21,23,27,29,83H,3-14,16,18-20,22,24-26,28,30-82,86H2,1-2H3,(H,89,90)/b17-15-,23-21-,29-27-. The van der Waals surface area contributed by atoms with Crippen molar-refractivity contribution in [2.24, 2.45) is 5.73 Å². The summed E-state index contributed by atoms with van der Waals surface area (Å²) in [7, 11) is -4.39. The highest BCUT2D eigenvalue weighted by Gasteiger charge is 2.26. The molecule has 2 atom stereocenters. The number of unbranched alkanes of at least 4 members (excludes halogenated alkanes) is 63. The maximum Gasteiger partial charge on any atom is 0.472 e. The van der Waals surface area contributed by atoms with Crippen LogP contribution in [0, 0.1) is 0 Å². The molecule has 0 aliphatic carbocycles. The first-order chi connectivity index (χ1) is 46.8. The van der Waals surface area contributed by atoms with Gasteiger partial charge in [-0.3, -0.25) is 18.6 Å². The average Bonchev–Trinajstić information content (AvgIpc) is 3.16. The van der Waals surface area contributed by atoms with Crippen LogP contribution >= 0.6 is 7.82 Å². The Labute approximate surface area is 592 Å². The minimum atomic E-state index is -4.39. The zero-order valence-corrected chi connectivity index (χ0v) is 64.6. The Kier molecular flexibility index (Phi) is 79.7. The highest BCUT2D eigenvalue weighted by atomic mass is 31.2. The van der Waals surface area contributed by atoms with Crippen LogP contribution in [0.1, 0.15) is 463 Å². The van der Waals surface area contributed by atoms with Crippen molar-refractivity contribution in [1.82, 2.24) is 0 Å². The van der Waals surface area contributed by atoms with Gasteiger partial charge in [-0.05, 0) is 51.4 Å². The number of phosphoric acid groups is 1. The number of carbonyl (C=O) groups is 2. The van der Waals surface area contributed by atoms with Gasteiger partial charge in [-0.15, -0.1) is 0 Å². The van der Waals surface area contributed by atoms with Crippen LogP contribution in [-0.4, -0.2) is 49.3 Å². The summed E-state index contributed by atoms with van der Waals surface area (Å²) in [6.45, 7) is 3.83. The Morgan fingerprint density at radius 2 is 0.547 bits per heavy atom. The van der Waals surface area contributed by atoms with Crippen LogP contribution in [0.4, 0.5) is 0 Å². The van der Waals surface area contributed by atoms with Gasteiger partial charge in [0.25, 0.3) is 0 Å². The minimum absolute atomic E-state index is 0.0571. The largest absolute Gasteiger partial charge is 0.472 e. The molecule has 0 aromatic carbocycles. The van der Waals surface area contributed by atoms with Crippen molar-refractivity contribution in [3.63, 3.8) is 0 Å². The molecule has 0 aliphatic rings. The lowest BCUT2D eigenvalue weighted by Crippen LogP contribution is -2.29. The van der Waals surface area contributed by atoms with E-state index in [1.807, 2.05) is 0 Å². The van der Waals surface area contributed by atoms with Gasteiger partial charge >= 0.3 is 19.8 Å². The van der Waals surface area contributed by atoms with Crippen LogP contribution in [0.5, 0.6) is 0 Å². The second kappa shape index (κ2) is 81.2. The third kappa shape index (κ3) is 81.1. The summed E-state index contributed by atoms with van der Waals surface area (Å²) in [5, 5.41) is 0. The predicted octanol–water partition coefficient (Wildman–Crippen LogP) is 28.5. The maximum atomic E-state index is 12.8. The number of ether oxygens (including phenoxy) is 2. The number of phosphoric ester groups is 1. The zero-order chi connectivity index (χ0) is 68.6. The van der Waals surface area contributed by atoms with Gasteiger partial charge in [0.2, 0.25) is 0 Å². The van der Waals surface area contributed by atoms with Crippen molar-refractivity contribution < 1.29 is 37.6 Å². The van der Waals surface area contributed by atoms with Gasteiger partial charge in [0.05, 0.1) is 13.2 Å². The molecule has 0 saturated heterocycles. The van der Waals surface area contributed by atoms with Gasteiger partial charge in [-0.1, -0.05) is 436 Å². The Bertz CT molecular complexity index is 1650. The number of rotatable bonds is 82. The third-order valence-corrected chi connectivity index (χ3v) is 20.5. The lowest BCUT2D eigenvalue weighted by atomic mass is 10.0. The molecule has 3 N–H and O–H groups in total. The molecule has 2 unspecified atom stereocenters. The average molecular weight is 1360 g/mol. The monoisotopic (exact) mass is 1360 g/mol. The molecular weight excluding hydrogens is 1190 g/mol. The van der Waals surface area contributed by atoms with Crippen molar-refractivity contribution in [3.05, 3.63) is 36.5 Å². The Balaban J connectivity index is 3.72. The van der Waals surface area contributed by atoms with Gasteiger partial charge in [-0.25, -0.2) is 4.57 Å². The van der Waals surface area contributed by atoms with E-state index in [4.69, 9.17) is 24.3 Å². The number of carbonyl (C=O) groups excluding carboxylic acids is 2. The molecule has 0 aliphatic heterocycles. The minimum Gasteiger partial charge on any atom is -0.462 e. The summed E-state index contributed by atoms with van der Waals surface area (Å²) in [4.78, 5) is 35.5. The van der Waals surface area contributed by atoms with E-state index in [0.29, 0.717) is 6.42 Å². The molecule has 0 amide bonds. The van der Waals surface area contributed by atoms with Crippen molar-refractivity contribution in [1.29, 1.82) is 0 Å². The smallest absolute Gasteiger partial charge is 0.462 e. The Morgan fingerprint density at radius 1 is 0.316 bits per heavy atom. The second-order valence-electron chi connectivity index (χ2n) is 29.1. The summed E-state index contributed by atoms with van der Waals surface area (Å²) < 4.78 is 33.3. The van der Waals surface area contributed by atoms with Crippen LogP contribution in [0.3, 0.4) is 0 Å². The fourth-order valence-corrected chi connectivity index (χ4v) is 14.0. The van der Waals surface area contributed by atoms with Gasteiger partial charge in [0.1, 0.15) is 6.61 Å². The van der Waals surface area contributed by atoms with E-state index in [0.717, 1.165) is 44.9 Å². The summed E-state index contributed by atoms with van der Waals surface area (Å²) >= 11 is 0. The third-order valence-electron chi connectivity index (χ3n) is 19.5. The van der Waals surface area contributed by atoms with Crippen LogP contribution in [-0.2, 0) is 32.7 Å². The quantitative estimate of drug-likeness (QED) is 0.0264. The molecule has 562 valence electrons. The SMILES string of the molecule is CCCCCCC/C=C\C/C=C\C/C=C\CCCCCCCCCCCCCCCCCCCCCCCCCCC(=O)OC(COC(=O)CCCCCCCCCCCCCCCCCCCCCCCCCCCCCCCCCCCCC)COP(=O)(O)OCCN. The molecule has 0 bridgehead atoms. The summed E-state index contributed by atoms with van der Waals surface area (Å²) in [5.74, 6) is -0.798. The highest BCUT2D eigenvalue weighted by molar-refractivity contribution is 7.47. The topological polar surface area (TPSA) is 134 Å². The summed E-state index contributed by atoms with van der Waals surface area (Å²) in [6.07, 6.45) is 105. The van der Waals surface area contributed by atoms with Crippen molar-refractivity contribution in [2.75, 3.05) is 26.4 Å². The molecule has 0 spiro atoms. The van der Waals surface area contributed by atoms with Crippen LogP contribution in [0.25, 0.3) is 0 Å². The van der Waals surface area contributed by atoms with Gasteiger partial charge in [0, 0.05) is 19.4 Å². The van der Waals surface area contributed by atoms with E-state index in [-0.39, 0.29) is 38.6 Å². The molecule has 0 radical (unpaired) electrons. The van der Waals surface area contributed by atoms with Gasteiger partial charge in [-0.2, -0.15) is 0 Å². The highest BCUT2D eigenvalue weighted by Crippen LogP contribution is 2.43. The number of esters is 2. The molecular formula is C85H164NO8P. The van der Waals surface area contributed by atoms with Crippen LogP contribution in [0.2, 0.25) is 0 Å². The number of hydrogen-bond donors (Lipinski definition) is 2. The normalized spacial score (nSPS) is 12.9. The Morgan fingerprint density at radius 3 is 0.811 bits per heavy atom. The summed E-state index contributed by atoms with van der Waals surface area (Å²) in [6, 6.07) is 0. The number of hydrogen-bond acceptors (Lipinski definition) is 8. The van der Waals surface area contributed by atoms with E-state index < -0.39 is 26.5 Å². The molecule has 9 nitrogen and oxygen atoms in total. The van der Waals surface area contributed by atoms with Crippen molar-refractivity contribution >= 4 is 19.8 Å². The van der Waals surface area contributed by atoms with Crippen LogP contribution in [0.15, 0.2) is 36.5 Å². The maximum absolute atomic E-state index is 12.8. The lowest BCUT2D eigenvalue weighted by Gasteiger charge is -2.19. The Hall–Kier alpha value is -1.77. The second-order valence-corrected chi connectivity index (χ2v) is 30.5. The molecule has 0 rings (SSSR count). The molecule has 0 aromatic rings. The van der Waals surface area contributed by atoms with Crippen LogP contribution < -0.4 is 5.73 Å². The van der Waals surface area contributed by atoms with E-state index in [9.17, 15) is 19.0 Å². The van der Waals surface area contributed by atoms with Gasteiger partial charge in [0.15, 0.2) is 6.10 Å². The van der Waals surface area contributed by atoms with E-state index in [1.54, 1.807) is 0 Å². The molecule has 95 heavy (non-hydrogen) atoms. The van der Waals surface area contributed by atoms with E-state index in [2.05, 4.69) is 50.3 Å². The fraction of sp³-hybridized carbons (Fsp3) is 0.906. The fourth-order valence-electron chi connectivity index (χ4n) is 13.2. The van der Waals surface area contributed by atoms with E-state index in [1.165, 1.54) is 385 Å². The molecule has 0 aromatic heterocycles. The van der Waals surface area contributed by atoms with Crippen molar-refractivity contribution in [3.8, 4) is 0 Å². The predicted molar refractivity (Wildman–Crippen MR) is 414 cm³/mol. The first-order valence-corrected chi connectivity index (χ1v) is 44.0. The van der Waals surface area contributed by atoms with Crippen molar-refractivity contribution in [2.45, 2.75) is 469 Å². The summed E-state index contributed by atoms with van der Waals surface area (Å²) in [5.41, 5.74) is 5.42. The van der Waals surface area contributed by atoms with Gasteiger partial charge < -0.3 is 20.1 Å². The molecule has 0 saturated carbocycles. The first kappa shape index (κ1) is 93.2. The van der Waals surface area contributed by atoms with E-state index >= 15 is 0 Å². The molecule has 0 fully saturated rings.